The summed E-state index contributed by atoms with van der Waals surface area (Å²) < 4.78 is 1.16. The number of rotatable bonds is 1. The van der Waals surface area contributed by atoms with E-state index in [4.69, 9.17) is 0 Å². The Bertz CT molecular complexity index is 1120. The molecule has 24 heavy (non-hydrogen) atoms. The Hall–Kier alpha value is -3.68. The molecule has 120 valence electrons. The summed E-state index contributed by atoms with van der Waals surface area (Å²) in [6.07, 6.45) is 1.56. The van der Waals surface area contributed by atoms with E-state index in [1.165, 1.54) is 0 Å². The smallest absolute Gasteiger partial charge is 0.305 e. The fraction of sp³-hybridized carbons (Fsp3) is 0. The number of hydrogen-bond acceptors (Lipinski definition) is 4. The Morgan fingerprint density at radius 2 is 1.54 bits per heavy atom. The molecule has 0 aliphatic rings. The molecule has 2 aromatic heterocycles. The summed E-state index contributed by atoms with van der Waals surface area (Å²) in [7, 11) is 0. The van der Waals surface area contributed by atoms with Crippen molar-refractivity contribution in [3.63, 3.8) is 0 Å². The molecule has 0 aliphatic heterocycles. The van der Waals surface area contributed by atoms with E-state index in [2.05, 4.69) is 20.1 Å². The average molecular weight is 323 g/mol. The highest BCUT2D eigenvalue weighted by molar-refractivity contribution is 5.76. The third-order valence-corrected chi connectivity index (χ3v) is 3.17. The third-order valence-electron chi connectivity index (χ3n) is 3.17. The number of para-hydroxylation sites is 2. The van der Waals surface area contributed by atoms with Gasteiger partial charge in [0.1, 0.15) is 0 Å². The van der Waals surface area contributed by atoms with E-state index < -0.39 is 11.4 Å². The zero-order chi connectivity index (χ0) is 16.9. The average Bonchev–Trinajstić information content (AvgIpc) is 2.94. The van der Waals surface area contributed by atoms with Crippen molar-refractivity contribution in [3.05, 3.63) is 92.2 Å². The molecule has 0 aliphatic carbocycles. The number of nitrogens with zero attached hydrogens (tertiary/aromatic N) is 2. The molecule has 0 fully saturated rings. The van der Waals surface area contributed by atoms with Crippen molar-refractivity contribution in [2.24, 2.45) is 0 Å². The van der Waals surface area contributed by atoms with Gasteiger partial charge in [0.2, 0.25) is 0 Å². The van der Waals surface area contributed by atoms with E-state index in [1.807, 2.05) is 30.3 Å². The highest BCUT2D eigenvalue weighted by Crippen LogP contribution is 2.05. The minimum absolute atomic E-state index is 0.302. The predicted molar refractivity (Wildman–Crippen MR) is 89.4 cm³/mol. The molecular formula is C16H13N5O3. The lowest BCUT2D eigenvalue weighted by Gasteiger charge is -1.96. The minimum Gasteiger partial charge on any atom is -0.305 e. The molecule has 8 heteroatoms. The predicted octanol–water partition coefficient (Wildman–Crippen LogP) is 0.777. The number of aromatic amines is 3. The first-order valence-electron chi connectivity index (χ1n) is 7.04. The summed E-state index contributed by atoms with van der Waals surface area (Å²) in [6.45, 7) is 0. The van der Waals surface area contributed by atoms with Crippen LogP contribution in [-0.2, 0) is 0 Å². The van der Waals surface area contributed by atoms with Crippen molar-refractivity contribution in [2.75, 3.05) is 0 Å². The van der Waals surface area contributed by atoms with Crippen LogP contribution in [0.5, 0.6) is 0 Å². The van der Waals surface area contributed by atoms with Crippen molar-refractivity contribution < 1.29 is 0 Å². The van der Waals surface area contributed by atoms with Crippen LogP contribution in [0.3, 0.4) is 0 Å². The fourth-order valence-corrected chi connectivity index (χ4v) is 2.09. The summed E-state index contributed by atoms with van der Waals surface area (Å²) in [4.78, 5) is 40.9. The van der Waals surface area contributed by atoms with E-state index in [0.29, 0.717) is 5.69 Å². The summed E-state index contributed by atoms with van der Waals surface area (Å²) in [5.41, 5.74) is 0.187. The topological polar surface area (TPSA) is 116 Å². The van der Waals surface area contributed by atoms with Crippen LogP contribution in [0.25, 0.3) is 16.6 Å². The monoisotopic (exact) mass is 323 g/mol. The standard InChI is InChI=1S/C8H7N3O2.C8H6N2O/c12-7-9-8(13)11(10-7)6-4-2-1-3-5-6;11-8-9-5-6-3-1-2-4-7(6)10-8/h1-5H,(H2,9,10,12,13);1-5H,(H,9,10,11). The molecule has 3 N–H and O–H groups in total. The lowest BCUT2D eigenvalue weighted by molar-refractivity contribution is 0.834. The molecule has 2 heterocycles. The van der Waals surface area contributed by atoms with Gasteiger partial charge in [0.25, 0.3) is 0 Å². The second-order valence-electron chi connectivity index (χ2n) is 4.82. The van der Waals surface area contributed by atoms with Crippen LogP contribution in [0.2, 0.25) is 0 Å². The quantitative estimate of drug-likeness (QED) is 0.480. The molecule has 0 saturated heterocycles. The van der Waals surface area contributed by atoms with Gasteiger partial charge in [-0.1, -0.05) is 36.4 Å². The maximum atomic E-state index is 11.1. The van der Waals surface area contributed by atoms with Crippen LogP contribution in [0, 0.1) is 0 Å². The first kappa shape index (κ1) is 15.2. The Labute approximate surface area is 134 Å². The van der Waals surface area contributed by atoms with Crippen LogP contribution >= 0.6 is 0 Å². The Balaban J connectivity index is 0.000000143. The van der Waals surface area contributed by atoms with Gasteiger partial charge in [-0.05, 0) is 18.2 Å². The minimum atomic E-state index is -0.506. The largest absolute Gasteiger partial charge is 0.349 e. The summed E-state index contributed by atoms with van der Waals surface area (Å²) in [5.74, 6) is 0. The first-order valence-corrected chi connectivity index (χ1v) is 7.04. The SMILES string of the molecule is O=c1[nH]c(=O)n(-c2ccccc2)[nH]1.O=c1ncc2ccccc2[nH]1. The highest BCUT2D eigenvalue weighted by Gasteiger charge is 2.00. The third kappa shape index (κ3) is 3.38. The van der Waals surface area contributed by atoms with Gasteiger partial charge in [-0.25, -0.2) is 29.1 Å². The molecule has 0 saturated carbocycles. The maximum absolute atomic E-state index is 11.1. The fourth-order valence-electron chi connectivity index (χ4n) is 2.09. The van der Waals surface area contributed by atoms with Gasteiger partial charge in [-0.15, -0.1) is 0 Å². The van der Waals surface area contributed by atoms with Gasteiger partial charge >= 0.3 is 17.1 Å². The van der Waals surface area contributed by atoms with Gasteiger partial charge in [0.15, 0.2) is 0 Å². The van der Waals surface area contributed by atoms with Crippen molar-refractivity contribution in [2.45, 2.75) is 0 Å². The van der Waals surface area contributed by atoms with Gasteiger partial charge in [0.05, 0.1) is 11.2 Å². The molecule has 8 nitrogen and oxygen atoms in total. The summed E-state index contributed by atoms with van der Waals surface area (Å²) >= 11 is 0. The molecule has 0 unspecified atom stereocenters. The van der Waals surface area contributed by atoms with E-state index >= 15 is 0 Å². The van der Waals surface area contributed by atoms with Crippen LogP contribution < -0.4 is 17.1 Å². The van der Waals surface area contributed by atoms with Gasteiger partial charge in [-0.3, -0.25) is 4.98 Å². The van der Waals surface area contributed by atoms with Crippen LogP contribution in [-0.4, -0.2) is 24.7 Å². The first-order chi connectivity index (χ1) is 11.6. The van der Waals surface area contributed by atoms with Crippen LogP contribution in [0.4, 0.5) is 0 Å². The van der Waals surface area contributed by atoms with Crippen molar-refractivity contribution in [1.82, 2.24) is 24.7 Å². The molecular weight excluding hydrogens is 310 g/mol. The van der Waals surface area contributed by atoms with Gasteiger partial charge < -0.3 is 4.98 Å². The van der Waals surface area contributed by atoms with E-state index in [9.17, 15) is 14.4 Å². The van der Waals surface area contributed by atoms with Crippen molar-refractivity contribution >= 4 is 10.9 Å². The summed E-state index contributed by atoms with van der Waals surface area (Å²) in [6, 6.07) is 16.4. The van der Waals surface area contributed by atoms with Crippen molar-refractivity contribution in [1.29, 1.82) is 0 Å². The van der Waals surface area contributed by atoms with E-state index in [1.54, 1.807) is 30.5 Å². The zero-order valence-corrected chi connectivity index (χ0v) is 12.4. The zero-order valence-electron chi connectivity index (χ0n) is 12.4. The Morgan fingerprint density at radius 3 is 2.25 bits per heavy atom. The molecule has 4 aromatic rings. The number of hydrogen-bond donors (Lipinski definition) is 3. The molecule has 2 aromatic carbocycles. The molecule has 0 atom stereocenters. The van der Waals surface area contributed by atoms with E-state index in [0.717, 1.165) is 15.6 Å². The maximum Gasteiger partial charge on any atom is 0.349 e. The Morgan fingerprint density at radius 1 is 0.833 bits per heavy atom. The highest BCUT2D eigenvalue weighted by atomic mass is 16.2. The lowest BCUT2D eigenvalue weighted by Crippen LogP contribution is -2.15. The normalized spacial score (nSPS) is 10.2. The second kappa shape index (κ2) is 6.61. The summed E-state index contributed by atoms with van der Waals surface area (Å²) in [5, 5.41) is 3.30. The van der Waals surface area contributed by atoms with Crippen LogP contribution in [0.1, 0.15) is 0 Å². The second-order valence-corrected chi connectivity index (χ2v) is 4.82. The lowest BCUT2D eigenvalue weighted by atomic mass is 10.2. The van der Waals surface area contributed by atoms with Crippen LogP contribution in [0.15, 0.2) is 75.2 Å². The molecule has 0 spiro atoms. The number of nitrogens with one attached hydrogen (secondary N) is 3. The number of aromatic nitrogens is 5. The molecule has 0 amide bonds. The van der Waals surface area contributed by atoms with Gasteiger partial charge in [-0.2, -0.15) is 0 Å². The number of benzene rings is 2. The van der Waals surface area contributed by atoms with E-state index in [-0.39, 0.29) is 5.69 Å². The molecule has 0 radical (unpaired) electrons. The molecule has 0 bridgehead atoms. The molecule has 4 rings (SSSR count). The number of fused-ring (bicyclic) bond motifs is 1. The van der Waals surface area contributed by atoms with Gasteiger partial charge in [0, 0.05) is 11.6 Å². The number of H-pyrrole nitrogens is 3. The van der Waals surface area contributed by atoms with Crippen molar-refractivity contribution in [3.8, 4) is 5.69 Å². The Kier molecular flexibility index (Phi) is 4.19.